The first-order valence-corrected chi connectivity index (χ1v) is 7.47. The van der Waals surface area contributed by atoms with Gasteiger partial charge in [0.2, 0.25) is 0 Å². The van der Waals surface area contributed by atoms with E-state index in [0.717, 1.165) is 13.0 Å². The smallest absolute Gasteiger partial charge is 0.410 e. The van der Waals surface area contributed by atoms with Gasteiger partial charge in [0.1, 0.15) is 5.60 Å². The second kappa shape index (κ2) is 5.50. The lowest BCUT2D eigenvalue weighted by atomic mass is 9.83. The Balaban J connectivity index is 1.96. The van der Waals surface area contributed by atoms with E-state index >= 15 is 0 Å². The molecule has 1 saturated heterocycles. The van der Waals surface area contributed by atoms with Crippen LogP contribution in [-0.2, 0) is 4.74 Å². The minimum atomic E-state index is -0.378. The van der Waals surface area contributed by atoms with E-state index in [4.69, 9.17) is 4.74 Å². The van der Waals surface area contributed by atoms with Crippen molar-refractivity contribution in [1.29, 1.82) is 0 Å². The van der Waals surface area contributed by atoms with E-state index in [1.54, 1.807) is 0 Å². The predicted molar refractivity (Wildman–Crippen MR) is 72.5 cm³/mol. The van der Waals surface area contributed by atoms with Gasteiger partial charge in [-0.05, 0) is 52.4 Å². The van der Waals surface area contributed by atoms with Crippen molar-refractivity contribution in [2.45, 2.75) is 77.4 Å². The Kier molecular flexibility index (Phi) is 4.18. The maximum Gasteiger partial charge on any atom is 0.410 e. The van der Waals surface area contributed by atoms with Gasteiger partial charge in [-0.3, -0.25) is 0 Å². The molecule has 1 aliphatic carbocycles. The van der Waals surface area contributed by atoms with Crippen molar-refractivity contribution in [3.63, 3.8) is 0 Å². The van der Waals surface area contributed by atoms with Gasteiger partial charge in [-0.2, -0.15) is 0 Å². The van der Waals surface area contributed by atoms with Gasteiger partial charge in [-0.25, -0.2) is 4.79 Å². The monoisotopic (exact) mass is 253 g/mol. The van der Waals surface area contributed by atoms with Crippen LogP contribution < -0.4 is 0 Å². The summed E-state index contributed by atoms with van der Waals surface area (Å²) in [6, 6.07) is 0.445. The highest BCUT2D eigenvalue weighted by atomic mass is 16.6. The fourth-order valence-corrected chi connectivity index (χ4v) is 3.35. The van der Waals surface area contributed by atoms with Crippen molar-refractivity contribution in [3.05, 3.63) is 0 Å². The molecule has 1 atom stereocenters. The van der Waals surface area contributed by atoms with Gasteiger partial charge >= 0.3 is 6.09 Å². The summed E-state index contributed by atoms with van der Waals surface area (Å²) >= 11 is 0. The molecule has 1 saturated carbocycles. The summed E-state index contributed by atoms with van der Waals surface area (Å²) in [5.41, 5.74) is -0.378. The topological polar surface area (TPSA) is 29.5 Å². The summed E-state index contributed by atoms with van der Waals surface area (Å²) in [6.45, 7) is 6.71. The Morgan fingerprint density at radius 2 is 1.72 bits per heavy atom. The molecule has 1 heterocycles. The third kappa shape index (κ3) is 3.39. The Morgan fingerprint density at radius 1 is 1.06 bits per heavy atom. The maximum absolute atomic E-state index is 12.2. The van der Waals surface area contributed by atoms with Crippen LogP contribution in [0.15, 0.2) is 0 Å². The SMILES string of the molecule is CC(C)(C)OC(=O)N1CCC[C@@H]1C1CCCCC1. The van der Waals surface area contributed by atoms with Crippen LogP contribution in [0.5, 0.6) is 0 Å². The van der Waals surface area contributed by atoms with Gasteiger partial charge in [-0.15, -0.1) is 0 Å². The number of ether oxygens (including phenoxy) is 1. The number of hydrogen-bond acceptors (Lipinski definition) is 2. The van der Waals surface area contributed by atoms with Crippen molar-refractivity contribution in [2.24, 2.45) is 5.92 Å². The molecule has 3 nitrogen and oxygen atoms in total. The van der Waals surface area contributed by atoms with Gasteiger partial charge < -0.3 is 9.64 Å². The second-order valence-corrected chi connectivity index (χ2v) is 6.78. The molecular formula is C15H27NO2. The van der Waals surface area contributed by atoms with Crippen molar-refractivity contribution in [2.75, 3.05) is 6.54 Å². The van der Waals surface area contributed by atoms with E-state index in [1.807, 2.05) is 25.7 Å². The third-order valence-corrected chi connectivity index (χ3v) is 4.12. The van der Waals surface area contributed by atoms with E-state index in [-0.39, 0.29) is 11.7 Å². The fourth-order valence-electron chi connectivity index (χ4n) is 3.35. The van der Waals surface area contributed by atoms with Crippen LogP contribution in [0, 0.1) is 5.92 Å². The molecule has 2 aliphatic rings. The zero-order valence-corrected chi connectivity index (χ0v) is 12.1. The highest BCUT2D eigenvalue weighted by molar-refractivity contribution is 5.69. The number of rotatable bonds is 1. The first-order valence-electron chi connectivity index (χ1n) is 7.47. The third-order valence-electron chi connectivity index (χ3n) is 4.12. The molecule has 0 radical (unpaired) electrons. The minimum Gasteiger partial charge on any atom is -0.444 e. The van der Waals surface area contributed by atoms with Crippen molar-refractivity contribution in [3.8, 4) is 0 Å². The quantitative estimate of drug-likeness (QED) is 0.707. The first-order chi connectivity index (χ1) is 8.47. The maximum atomic E-state index is 12.2. The second-order valence-electron chi connectivity index (χ2n) is 6.78. The molecule has 0 aromatic carbocycles. The van der Waals surface area contributed by atoms with Crippen LogP contribution >= 0.6 is 0 Å². The Bertz CT molecular complexity index is 289. The van der Waals surface area contributed by atoms with Crippen LogP contribution in [-0.4, -0.2) is 29.2 Å². The molecular weight excluding hydrogens is 226 g/mol. The lowest BCUT2D eigenvalue weighted by molar-refractivity contribution is 0.0157. The molecule has 0 unspecified atom stereocenters. The standard InChI is InChI=1S/C15H27NO2/c1-15(2,3)18-14(17)16-11-7-10-13(16)12-8-5-4-6-9-12/h12-13H,4-11H2,1-3H3/t13-/m1/s1. The highest BCUT2D eigenvalue weighted by Gasteiger charge is 2.37. The van der Waals surface area contributed by atoms with Crippen LogP contribution in [0.25, 0.3) is 0 Å². The summed E-state index contributed by atoms with van der Waals surface area (Å²) in [6.07, 6.45) is 8.84. The normalized spacial score (nSPS) is 26.4. The number of carbonyl (C=O) groups is 1. The molecule has 0 spiro atoms. The lowest BCUT2D eigenvalue weighted by Gasteiger charge is -2.35. The molecule has 2 fully saturated rings. The van der Waals surface area contributed by atoms with Gasteiger partial charge in [0.25, 0.3) is 0 Å². The van der Waals surface area contributed by atoms with Crippen molar-refractivity contribution >= 4 is 6.09 Å². The number of amides is 1. The molecule has 2 rings (SSSR count). The predicted octanol–water partition coefficient (Wildman–Crippen LogP) is 3.97. The molecule has 0 aromatic rings. The van der Waals surface area contributed by atoms with Gasteiger partial charge in [0.15, 0.2) is 0 Å². The van der Waals surface area contributed by atoms with E-state index in [2.05, 4.69) is 0 Å². The molecule has 1 aliphatic heterocycles. The zero-order chi connectivity index (χ0) is 13.2. The van der Waals surface area contributed by atoms with Gasteiger partial charge in [-0.1, -0.05) is 19.3 Å². The van der Waals surface area contributed by atoms with Crippen LogP contribution in [0.3, 0.4) is 0 Å². The van der Waals surface area contributed by atoms with E-state index in [0.29, 0.717) is 12.0 Å². The average molecular weight is 253 g/mol. The zero-order valence-electron chi connectivity index (χ0n) is 12.1. The summed E-state index contributed by atoms with van der Waals surface area (Å²) in [5, 5.41) is 0. The van der Waals surface area contributed by atoms with Crippen LogP contribution in [0.4, 0.5) is 4.79 Å². The summed E-state index contributed by atoms with van der Waals surface area (Å²) in [5.74, 6) is 0.716. The van der Waals surface area contributed by atoms with Gasteiger partial charge in [0, 0.05) is 12.6 Å². The lowest BCUT2D eigenvalue weighted by Crippen LogP contribution is -2.43. The largest absolute Gasteiger partial charge is 0.444 e. The summed E-state index contributed by atoms with van der Waals surface area (Å²) in [4.78, 5) is 14.2. The summed E-state index contributed by atoms with van der Waals surface area (Å²) < 4.78 is 5.53. The molecule has 3 heteroatoms. The number of carbonyl (C=O) groups excluding carboxylic acids is 1. The average Bonchev–Trinajstić information content (AvgIpc) is 2.76. The molecule has 104 valence electrons. The van der Waals surface area contributed by atoms with Crippen molar-refractivity contribution in [1.82, 2.24) is 4.90 Å². The molecule has 1 amide bonds. The molecule has 0 aromatic heterocycles. The Morgan fingerprint density at radius 3 is 2.33 bits per heavy atom. The van der Waals surface area contributed by atoms with Gasteiger partial charge in [0.05, 0.1) is 0 Å². The Hall–Kier alpha value is -0.730. The van der Waals surface area contributed by atoms with E-state index in [9.17, 15) is 4.79 Å². The number of nitrogens with zero attached hydrogens (tertiary/aromatic N) is 1. The highest BCUT2D eigenvalue weighted by Crippen LogP contribution is 2.34. The minimum absolute atomic E-state index is 0.101. The number of likely N-dealkylation sites (tertiary alicyclic amines) is 1. The molecule has 0 bridgehead atoms. The summed E-state index contributed by atoms with van der Waals surface area (Å²) in [7, 11) is 0. The molecule has 18 heavy (non-hydrogen) atoms. The van der Waals surface area contributed by atoms with Crippen molar-refractivity contribution < 1.29 is 9.53 Å². The fraction of sp³-hybridized carbons (Fsp3) is 0.933. The first kappa shape index (κ1) is 13.7. The number of hydrogen-bond donors (Lipinski definition) is 0. The Labute approximate surface area is 111 Å². The molecule has 0 N–H and O–H groups in total. The van der Waals surface area contributed by atoms with E-state index in [1.165, 1.54) is 38.5 Å². The van der Waals surface area contributed by atoms with Crippen LogP contribution in [0.1, 0.15) is 65.7 Å². The van der Waals surface area contributed by atoms with Crippen LogP contribution in [0.2, 0.25) is 0 Å². The van der Waals surface area contributed by atoms with E-state index < -0.39 is 0 Å².